The standard InChI is InChI=1S/C19H25NO4S/c1-4-23-18-12-11-17(13-19(18)24-5-2)25(21,22)20-14-15(3)16-9-7-6-8-10-16/h6-13,15,20H,4-5,14H2,1-3H3. The van der Waals surface area contributed by atoms with Crippen LogP contribution in [0.5, 0.6) is 11.5 Å². The third-order valence-corrected chi connectivity index (χ3v) is 5.19. The van der Waals surface area contributed by atoms with Crippen LogP contribution in [0.25, 0.3) is 0 Å². The van der Waals surface area contributed by atoms with Crippen molar-refractivity contribution in [2.24, 2.45) is 0 Å². The molecular formula is C19H25NO4S. The average molecular weight is 363 g/mol. The SMILES string of the molecule is CCOc1ccc(S(=O)(=O)NCC(C)c2ccccc2)cc1OCC. The lowest BCUT2D eigenvalue weighted by Crippen LogP contribution is -2.27. The van der Waals surface area contributed by atoms with E-state index in [2.05, 4.69) is 4.72 Å². The van der Waals surface area contributed by atoms with Crippen LogP contribution in [-0.2, 0) is 10.0 Å². The molecule has 0 aromatic heterocycles. The first-order valence-corrected chi connectivity index (χ1v) is 9.90. The number of rotatable bonds is 9. The lowest BCUT2D eigenvalue weighted by molar-refractivity contribution is 0.287. The third kappa shape index (κ3) is 5.21. The van der Waals surface area contributed by atoms with Crippen molar-refractivity contribution in [1.29, 1.82) is 0 Å². The predicted octanol–water partition coefficient (Wildman–Crippen LogP) is 3.57. The highest BCUT2D eigenvalue weighted by Crippen LogP contribution is 2.30. The summed E-state index contributed by atoms with van der Waals surface area (Å²) in [5, 5.41) is 0. The van der Waals surface area contributed by atoms with Gasteiger partial charge in [-0.15, -0.1) is 0 Å². The smallest absolute Gasteiger partial charge is 0.240 e. The fraction of sp³-hybridized carbons (Fsp3) is 0.368. The van der Waals surface area contributed by atoms with Crippen molar-refractivity contribution in [3.05, 3.63) is 54.1 Å². The van der Waals surface area contributed by atoms with Crippen LogP contribution in [0.1, 0.15) is 32.3 Å². The van der Waals surface area contributed by atoms with Crippen molar-refractivity contribution < 1.29 is 17.9 Å². The van der Waals surface area contributed by atoms with E-state index in [1.54, 1.807) is 6.07 Å². The number of nitrogens with one attached hydrogen (secondary N) is 1. The van der Waals surface area contributed by atoms with Gasteiger partial charge in [-0.2, -0.15) is 0 Å². The van der Waals surface area contributed by atoms with E-state index in [1.165, 1.54) is 12.1 Å². The highest BCUT2D eigenvalue weighted by atomic mass is 32.2. The zero-order valence-corrected chi connectivity index (χ0v) is 15.7. The Balaban J connectivity index is 2.14. The molecule has 2 aromatic rings. The maximum atomic E-state index is 12.6. The van der Waals surface area contributed by atoms with Gasteiger partial charge in [0.1, 0.15) is 0 Å². The molecule has 1 atom stereocenters. The molecule has 0 bridgehead atoms. The Labute approximate surface area is 150 Å². The van der Waals surface area contributed by atoms with E-state index in [-0.39, 0.29) is 10.8 Å². The van der Waals surface area contributed by atoms with Gasteiger partial charge in [-0.25, -0.2) is 13.1 Å². The van der Waals surface area contributed by atoms with Gasteiger partial charge in [0, 0.05) is 12.6 Å². The number of hydrogen-bond acceptors (Lipinski definition) is 4. The minimum Gasteiger partial charge on any atom is -0.490 e. The van der Waals surface area contributed by atoms with Gasteiger partial charge >= 0.3 is 0 Å². The van der Waals surface area contributed by atoms with Crippen molar-refractivity contribution >= 4 is 10.0 Å². The van der Waals surface area contributed by atoms with Gasteiger partial charge in [0.2, 0.25) is 10.0 Å². The molecule has 1 N–H and O–H groups in total. The summed E-state index contributed by atoms with van der Waals surface area (Å²) in [6.45, 7) is 6.94. The molecule has 0 heterocycles. The summed E-state index contributed by atoms with van der Waals surface area (Å²) in [7, 11) is -3.62. The molecule has 25 heavy (non-hydrogen) atoms. The maximum Gasteiger partial charge on any atom is 0.240 e. The lowest BCUT2D eigenvalue weighted by Gasteiger charge is -2.15. The predicted molar refractivity (Wildman–Crippen MR) is 98.8 cm³/mol. The molecule has 0 aliphatic heterocycles. The van der Waals surface area contributed by atoms with Gasteiger partial charge in [0.15, 0.2) is 11.5 Å². The Hall–Kier alpha value is -2.05. The normalized spacial score (nSPS) is 12.6. The van der Waals surface area contributed by atoms with Crippen LogP contribution in [0.15, 0.2) is 53.4 Å². The molecule has 1 unspecified atom stereocenters. The van der Waals surface area contributed by atoms with Gasteiger partial charge in [-0.05, 0) is 37.5 Å². The Bertz CT molecular complexity index is 775. The van der Waals surface area contributed by atoms with Gasteiger partial charge in [-0.1, -0.05) is 37.3 Å². The molecule has 0 amide bonds. The second kappa shape index (κ2) is 8.87. The van der Waals surface area contributed by atoms with Crippen LogP contribution in [0.3, 0.4) is 0 Å². The summed E-state index contributed by atoms with van der Waals surface area (Å²) in [6, 6.07) is 14.5. The van der Waals surface area contributed by atoms with E-state index in [0.717, 1.165) is 5.56 Å². The first-order valence-electron chi connectivity index (χ1n) is 8.42. The van der Waals surface area contributed by atoms with Gasteiger partial charge in [0.05, 0.1) is 18.1 Å². The molecule has 5 nitrogen and oxygen atoms in total. The molecule has 0 saturated heterocycles. The number of sulfonamides is 1. The van der Waals surface area contributed by atoms with Crippen molar-refractivity contribution in [2.45, 2.75) is 31.6 Å². The molecule has 2 rings (SSSR count). The summed E-state index contributed by atoms with van der Waals surface area (Å²) < 4.78 is 38.8. The molecule has 6 heteroatoms. The highest BCUT2D eigenvalue weighted by molar-refractivity contribution is 7.89. The molecule has 0 radical (unpaired) electrons. The van der Waals surface area contributed by atoms with Crippen LogP contribution >= 0.6 is 0 Å². The molecule has 0 aliphatic rings. The quantitative estimate of drug-likeness (QED) is 0.740. The third-order valence-electron chi connectivity index (χ3n) is 3.77. The molecule has 0 fully saturated rings. The van der Waals surface area contributed by atoms with E-state index >= 15 is 0 Å². The topological polar surface area (TPSA) is 64.6 Å². The van der Waals surface area contributed by atoms with Crippen molar-refractivity contribution in [3.8, 4) is 11.5 Å². The Morgan fingerprint density at radius 3 is 2.24 bits per heavy atom. The van der Waals surface area contributed by atoms with E-state index in [4.69, 9.17) is 9.47 Å². The minimum absolute atomic E-state index is 0.0741. The molecular weight excluding hydrogens is 338 g/mol. The summed E-state index contributed by atoms with van der Waals surface area (Å²) in [5.41, 5.74) is 1.09. The van der Waals surface area contributed by atoms with Crippen molar-refractivity contribution in [2.75, 3.05) is 19.8 Å². The van der Waals surface area contributed by atoms with E-state index in [0.29, 0.717) is 31.3 Å². The summed E-state index contributed by atoms with van der Waals surface area (Å²) >= 11 is 0. The Kier molecular flexibility index (Phi) is 6.84. The zero-order chi connectivity index (χ0) is 18.3. The lowest BCUT2D eigenvalue weighted by atomic mass is 10.0. The number of benzene rings is 2. The van der Waals surface area contributed by atoms with Crippen LogP contribution < -0.4 is 14.2 Å². The average Bonchev–Trinajstić information content (AvgIpc) is 2.62. The van der Waals surface area contributed by atoms with Crippen molar-refractivity contribution in [3.63, 3.8) is 0 Å². The largest absolute Gasteiger partial charge is 0.490 e. The Morgan fingerprint density at radius 1 is 0.960 bits per heavy atom. The fourth-order valence-corrected chi connectivity index (χ4v) is 3.56. The monoisotopic (exact) mass is 363 g/mol. The molecule has 0 saturated carbocycles. The first kappa shape index (κ1) is 19.3. The molecule has 136 valence electrons. The summed E-state index contributed by atoms with van der Waals surface area (Å²) in [6.07, 6.45) is 0. The second-order valence-corrected chi connectivity index (χ2v) is 7.41. The second-order valence-electron chi connectivity index (χ2n) is 5.64. The van der Waals surface area contributed by atoms with Crippen molar-refractivity contribution in [1.82, 2.24) is 4.72 Å². The minimum atomic E-state index is -3.62. The molecule has 2 aromatic carbocycles. The van der Waals surface area contributed by atoms with E-state index in [9.17, 15) is 8.42 Å². The summed E-state index contributed by atoms with van der Waals surface area (Å²) in [5.74, 6) is 1.05. The van der Waals surface area contributed by atoms with Crippen LogP contribution in [0.2, 0.25) is 0 Å². The van der Waals surface area contributed by atoms with E-state index in [1.807, 2.05) is 51.1 Å². The highest BCUT2D eigenvalue weighted by Gasteiger charge is 2.18. The fourth-order valence-electron chi connectivity index (χ4n) is 2.42. The summed E-state index contributed by atoms with van der Waals surface area (Å²) in [4.78, 5) is 0.166. The van der Waals surface area contributed by atoms with Crippen LogP contribution in [0.4, 0.5) is 0 Å². The Morgan fingerprint density at radius 2 is 1.60 bits per heavy atom. The van der Waals surface area contributed by atoms with E-state index < -0.39 is 10.0 Å². The molecule has 0 aliphatic carbocycles. The molecule has 0 spiro atoms. The zero-order valence-electron chi connectivity index (χ0n) is 14.9. The van der Waals surface area contributed by atoms with Gasteiger partial charge < -0.3 is 9.47 Å². The van der Waals surface area contributed by atoms with Gasteiger partial charge in [-0.3, -0.25) is 0 Å². The van der Waals surface area contributed by atoms with Crippen LogP contribution in [0, 0.1) is 0 Å². The number of ether oxygens (including phenoxy) is 2. The van der Waals surface area contributed by atoms with Gasteiger partial charge in [0.25, 0.3) is 0 Å². The van der Waals surface area contributed by atoms with Crippen LogP contribution in [-0.4, -0.2) is 28.2 Å². The maximum absolute atomic E-state index is 12.6. The first-order chi connectivity index (χ1) is 12.0. The number of hydrogen-bond donors (Lipinski definition) is 1.